The average molecular weight is 703 g/mol. The Hall–Kier alpha value is -1.88. The molecule has 4 rings (SSSR count). The first kappa shape index (κ1) is 24.3. The number of benzene rings is 3. The lowest BCUT2D eigenvalue weighted by atomic mass is 10.1. The van der Waals surface area contributed by atoms with Crippen LogP contribution in [0.1, 0.15) is 16.7 Å². The molecule has 1 fully saturated rings. The standard InChI is InChI=1S/C24H16Br2ClIN2O3/c25-19-9-16(10-20(26)22(19)33-13-15-3-7-18(28)8-4-15)11-21-23(31)30(24(32)29-21)12-14-1-5-17(27)6-2-14/h1-11H,12-13H2,(H,29,32)/b21-11-. The summed E-state index contributed by atoms with van der Waals surface area (Å²) in [6, 6.07) is 18.3. The van der Waals surface area contributed by atoms with Gasteiger partial charge in [0.1, 0.15) is 18.1 Å². The number of hydrogen-bond donors (Lipinski definition) is 1. The van der Waals surface area contributed by atoms with Crippen LogP contribution < -0.4 is 10.1 Å². The van der Waals surface area contributed by atoms with E-state index in [1.165, 1.54) is 0 Å². The van der Waals surface area contributed by atoms with Crippen molar-refractivity contribution >= 4 is 84.1 Å². The van der Waals surface area contributed by atoms with E-state index in [9.17, 15) is 9.59 Å². The van der Waals surface area contributed by atoms with E-state index in [1.807, 2.05) is 36.4 Å². The summed E-state index contributed by atoms with van der Waals surface area (Å²) >= 11 is 15.3. The van der Waals surface area contributed by atoms with Crippen LogP contribution in [0.2, 0.25) is 5.02 Å². The van der Waals surface area contributed by atoms with Crippen LogP contribution in [0.3, 0.4) is 0 Å². The molecule has 0 saturated carbocycles. The van der Waals surface area contributed by atoms with Gasteiger partial charge in [-0.1, -0.05) is 35.9 Å². The van der Waals surface area contributed by atoms with E-state index < -0.39 is 6.03 Å². The summed E-state index contributed by atoms with van der Waals surface area (Å²) in [6.45, 7) is 0.584. The fraction of sp³-hybridized carbons (Fsp3) is 0.0833. The molecule has 1 N–H and O–H groups in total. The number of rotatable bonds is 6. The number of urea groups is 1. The molecule has 0 bridgehead atoms. The van der Waals surface area contributed by atoms with E-state index in [1.54, 1.807) is 30.3 Å². The molecule has 168 valence electrons. The van der Waals surface area contributed by atoms with Crippen molar-refractivity contribution in [2.75, 3.05) is 0 Å². The third-order valence-corrected chi connectivity index (χ3v) is 6.99. The van der Waals surface area contributed by atoms with Gasteiger partial charge in [0, 0.05) is 8.59 Å². The van der Waals surface area contributed by atoms with E-state index in [2.05, 4.69) is 59.8 Å². The van der Waals surface area contributed by atoms with Crippen LogP contribution in [-0.2, 0) is 17.9 Å². The minimum absolute atomic E-state index is 0.165. The Morgan fingerprint density at radius 2 is 1.58 bits per heavy atom. The monoisotopic (exact) mass is 700 g/mol. The number of nitrogens with one attached hydrogen (secondary N) is 1. The van der Waals surface area contributed by atoms with Gasteiger partial charge in [0.05, 0.1) is 15.5 Å². The predicted octanol–water partition coefficient (Wildman–Crippen LogP) is 7.14. The van der Waals surface area contributed by atoms with E-state index in [4.69, 9.17) is 16.3 Å². The molecule has 1 saturated heterocycles. The minimum atomic E-state index is -0.461. The molecule has 9 heteroatoms. The smallest absolute Gasteiger partial charge is 0.329 e. The van der Waals surface area contributed by atoms with Gasteiger partial charge < -0.3 is 10.1 Å². The first-order chi connectivity index (χ1) is 15.8. The molecular formula is C24H16Br2ClIN2O3. The Balaban J connectivity index is 1.49. The molecular weight excluding hydrogens is 686 g/mol. The molecule has 3 aromatic rings. The second-order valence-electron chi connectivity index (χ2n) is 7.23. The Kier molecular flexibility index (Phi) is 7.78. The van der Waals surface area contributed by atoms with Crippen LogP contribution in [-0.4, -0.2) is 16.8 Å². The highest BCUT2D eigenvalue weighted by molar-refractivity contribution is 14.1. The van der Waals surface area contributed by atoms with Crippen LogP contribution in [0.5, 0.6) is 5.75 Å². The van der Waals surface area contributed by atoms with Crippen LogP contribution in [0.4, 0.5) is 4.79 Å². The number of carbonyl (C=O) groups is 2. The number of hydrogen-bond acceptors (Lipinski definition) is 3. The molecule has 5 nitrogen and oxygen atoms in total. The van der Waals surface area contributed by atoms with E-state index in [0.717, 1.165) is 34.1 Å². The normalized spacial score (nSPS) is 14.7. The third kappa shape index (κ3) is 5.98. The second kappa shape index (κ2) is 10.6. The van der Waals surface area contributed by atoms with Gasteiger partial charge in [0.2, 0.25) is 0 Å². The zero-order valence-electron chi connectivity index (χ0n) is 16.9. The van der Waals surface area contributed by atoms with E-state index in [-0.39, 0.29) is 18.1 Å². The number of amides is 3. The Labute approximate surface area is 226 Å². The Morgan fingerprint density at radius 3 is 2.21 bits per heavy atom. The van der Waals surface area contributed by atoms with Crippen molar-refractivity contribution in [3.05, 3.63) is 101 Å². The van der Waals surface area contributed by atoms with Crippen LogP contribution in [0.25, 0.3) is 6.08 Å². The highest BCUT2D eigenvalue weighted by Gasteiger charge is 2.33. The lowest BCUT2D eigenvalue weighted by Gasteiger charge is -2.12. The topological polar surface area (TPSA) is 58.6 Å². The fourth-order valence-electron chi connectivity index (χ4n) is 3.19. The van der Waals surface area contributed by atoms with Gasteiger partial charge in [-0.25, -0.2) is 4.79 Å². The largest absolute Gasteiger partial charge is 0.487 e. The average Bonchev–Trinajstić information content (AvgIpc) is 3.03. The fourth-order valence-corrected chi connectivity index (χ4v) is 5.13. The Morgan fingerprint density at radius 1 is 0.970 bits per heavy atom. The summed E-state index contributed by atoms with van der Waals surface area (Å²) in [7, 11) is 0. The predicted molar refractivity (Wildman–Crippen MR) is 144 cm³/mol. The molecule has 33 heavy (non-hydrogen) atoms. The SMILES string of the molecule is O=C1N/C(=C\c2cc(Br)c(OCc3ccc(I)cc3)c(Br)c2)C(=O)N1Cc1ccc(Cl)cc1. The van der Waals surface area contributed by atoms with Gasteiger partial charge >= 0.3 is 6.03 Å². The maximum Gasteiger partial charge on any atom is 0.329 e. The summed E-state index contributed by atoms with van der Waals surface area (Å²) in [4.78, 5) is 26.3. The lowest BCUT2D eigenvalue weighted by Crippen LogP contribution is -2.30. The van der Waals surface area contributed by atoms with Crippen molar-refractivity contribution < 1.29 is 14.3 Å². The summed E-state index contributed by atoms with van der Waals surface area (Å²) in [5.41, 5.74) is 2.80. The van der Waals surface area contributed by atoms with Crippen LogP contribution in [0.15, 0.2) is 75.3 Å². The van der Waals surface area contributed by atoms with Crippen molar-refractivity contribution in [1.29, 1.82) is 0 Å². The molecule has 1 aliphatic heterocycles. The highest BCUT2D eigenvalue weighted by atomic mass is 127. The third-order valence-electron chi connectivity index (χ3n) is 4.84. The number of carbonyl (C=O) groups excluding carboxylic acids is 2. The minimum Gasteiger partial charge on any atom is -0.487 e. The van der Waals surface area contributed by atoms with Crippen molar-refractivity contribution in [3.8, 4) is 5.75 Å². The van der Waals surface area contributed by atoms with Crippen molar-refractivity contribution in [3.63, 3.8) is 0 Å². The molecule has 1 aliphatic rings. The molecule has 0 atom stereocenters. The maximum absolute atomic E-state index is 12.8. The number of imide groups is 1. The quantitative estimate of drug-likeness (QED) is 0.169. The van der Waals surface area contributed by atoms with E-state index >= 15 is 0 Å². The van der Waals surface area contributed by atoms with Gasteiger partial charge in [-0.3, -0.25) is 9.69 Å². The van der Waals surface area contributed by atoms with Crippen LogP contribution >= 0.6 is 66.1 Å². The summed E-state index contributed by atoms with van der Waals surface area (Å²) in [5.74, 6) is 0.267. The number of halogens is 4. The molecule has 0 aliphatic carbocycles. The number of nitrogens with zero attached hydrogens (tertiary/aromatic N) is 1. The first-order valence-corrected chi connectivity index (χ1v) is 12.8. The molecule has 0 aromatic heterocycles. The molecule has 3 aromatic carbocycles. The maximum atomic E-state index is 12.8. The van der Waals surface area contributed by atoms with Gasteiger partial charge in [0.25, 0.3) is 5.91 Å². The summed E-state index contributed by atoms with van der Waals surface area (Å²) in [5, 5.41) is 3.24. The lowest BCUT2D eigenvalue weighted by molar-refractivity contribution is -0.123. The number of ether oxygens (including phenoxy) is 1. The zero-order chi connectivity index (χ0) is 23.5. The molecule has 0 unspecified atom stereocenters. The van der Waals surface area contributed by atoms with Gasteiger partial charge in [0.15, 0.2) is 0 Å². The van der Waals surface area contributed by atoms with Crippen molar-refractivity contribution in [2.24, 2.45) is 0 Å². The highest BCUT2D eigenvalue weighted by Crippen LogP contribution is 2.36. The molecule has 0 radical (unpaired) electrons. The van der Waals surface area contributed by atoms with Gasteiger partial charge in [-0.15, -0.1) is 0 Å². The second-order valence-corrected chi connectivity index (χ2v) is 10.6. The summed E-state index contributed by atoms with van der Waals surface area (Å²) < 4.78 is 8.59. The first-order valence-electron chi connectivity index (χ1n) is 9.75. The molecule has 0 spiro atoms. The van der Waals surface area contributed by atoms with Crippen LogP contribution in [0, 0.1) is 3.57 Å². The van der Waals surface area contributed by atoms with Gasteiger partial charge in [-0.2, -0.15) is 0 Å². The van der Waals surface area contributed by atoms with Crippen molar-refractivity contribution in [2.45, 2.75) is 13.2 Å². The van der Waals surface area contributed by atoms with Gasteiger partial charge in [-0.05, 0) is 114 Å². The summed E-state index contributed by atoms with van der Waals surface area (Å²) in [6.07, 6.45) is 1.64. The molecule has 3 amide bonds. The molecule has 1 heterocycles. The zero-order valence-corrected chi connectivity index (χ0v) is 23.0. The van der Waals surface area contributed by atoms with E-state index in [0.29, 0.717) is 17.4 Å². The Bertz CT molecular complexity index is 1220. The van der Waals surface area contributed by atoms with Crippen molar-refractivity contribution in [1.82, 2.24) is 10.2 Å².